The third kappa shape index (κ3) is 5.22. The van der Waals surface area contributed by atoms with E-state index in [1.54, 1.807) is 24.3 Å². The van der Waals surface area contributed by atoms with Crippen molar-refractivity contribution < 1.29 is 9.59 Å². The van der Waals surface area contributed by atoms with E-state index in [0.29, 0.717) is 23.1 Å². The standard InChI is InChI=1S/C25H28N4O3/c30-22(16-15-18-9-3-1-4-10-18)26-27-24(31)23-20-13-7-8-14-21(20)25(32)29(28-23)17-19-11-5-2-6-12-19/h2,5-8,11-14,18H,1,3-4,9-10,15-17H2,(H,26,30)(H,27,31). The summed E-state index contributed by atoms with van der Waals surface area (Å²) in [4.78, 5) is 38.0. The smallest absolute Gasteiger partial charge is 0.273 e. The highest BCUT2D eigenvalue weighted by Crippen LogP contribution is 2.27. The summed E-state index contributed by atoms with van der Waals surface area (Å²) >= 11 is 0. The molecule has 7 heteroatoms. The first-order chi connectivity index (χ1) is 15.6. The van der Waals surface area contributed by atoms with Gasteiger partial charge in [-0.2, -0.15) is 5.10 Å². The van der Waals surface area contributed by atoms with Crippen LogP contribution in [0.3, 0.4) is 0 Å². The number of nitrogens with one attached hydrogen (secondary N) is 2. The van der Waals surface area contributed by atoms with Crippen molar-refractivity contribution >= 4 is 22.6 Å². The lowest BCUT2D eigenvalue weighted by atomic mass is 9.86. The Morgan fingerprint density at radius 3 is 2.34 bits per heavy atom. The number of hydrogen-bond donors (Lipinski definition) is 2. The molecule has 32 heavy (non-hydrogen) atoms. The first-order valence-electron chi connectivity index (χ1n) is 11.2. The average molecular weight is 433 g/mol. The number of carbonyl (C=O) groups is 2. The number of benzene rings is 2. The Hall–Kier alpha value is -3.48. The van der Waals surface area contributed by atoms with Crippen molar-refractivity contribution in [3.63, 3.8) is 0 Å². The highest BCUT2D eigenvalue weighted by Gasteiger charge is 2.18. The fourth-order valence-corrected chi connectivity index (χ4v) is 4.33. The minimum absolute atomic E-state index is 0.101. The Morgan fingerprint density at radius 2 is 1.59 bits per heavy atom. The topological polar surface area (TPSA) is 93.1 Å². The predicted octanol–water partition coefficient (Wildman–Crippen LogP) is 3.57. The van der Waals surface area contributed by atoms with E-state index in [4.69, 9.17) is 0 Å². The summed E-state index contributed by atoms with van der Waals surface area (Å²) in [6, 6.07) is 16.4. The van der Waals surface area contributed by atoms with Gasteiger partial charge in [0.15, 0.2) is 5.69 Å². The third-order valence-corrected chi connectivity index (χ3v) is 6.08. The summed E-state index contributed by atoms with van der Waals surface area (Å²) in [5.74, 6) is -0.169. The molecule has 4 rings (SSSR count). The van der Waals surface area contributed by atoms with E-state index in [1.807, 2.05) is 30.3 Å². The quantitative estimate of drug-likeness (QED) is 0.583. The van der Waals surface area contributed by atoms with Crippen molar-refractivity contribution in [1.82, 2.24) is 20.6 Å². The molecule has 1 aliphatic rings. The normalized spacial score (nSPS) is 14.2. The second-order valence-electron chi connectivity index (χ2n) is 8.39. The molecule has 0 unspecified atom stereocenters. The Labute approximate surface area is 186 Å². The van der Waals surface area contributed by atoms with E-state index >= 15 is 0 Å². The molecule has 1 aromatic heterocycles. The summed E-state index contributed by atoms with van der Waals surface area (Å²) in [7, 11) is 0. The van der Waals surface area contributed by atoms with Crippen LogP contribution in [-0.2, 0) is 11.3 Å². The van der Waals surface area contributed by atoms with Crippen molar-refractivity contribution in [2.45, 2.75) is 51.5 Å². The van der Waals surface area contributed by atoms with E-state index in [9.17, 15) is 14.4 Å². The van der Waals surface area contributed by atoms with Crippen LogP contribution in [0.25, 0.3) is 10.8 Å². The zero-order valence-electron chi connectivity index (χ0n) is 18.0. The summed E-state index contributed by atoms with van der Waals surface area (Å²) in [6.45, 7) is 0.249. The Bertz CT molecular complexity index is 1150. The van der Waals surface area contributed by atoms with E-state index in [0.717, 1.165) is 12.0 Å². The molecular weight excluding hydrogens is 404 g/mol. The van der Waals surface area contributed by atoms with Crippen molar-refractivity contribution in [2.75, 3.05) is 0 Å². The molecule has 0 aliphatic heterocycles. The maximum Gasteiger partial charge on any atom is 0.290 e. The van der Waals surface area contributed by atoms with Crippen LogP contribution in [0.15, 0.2) is 59.4 Å². The van der Waals surface area contributed by atoms with Gasteiger partial charge in [-0.25, -0.2) is 4.68 Å². The van der Waals surface area contributed by atoms with Gasteiger partial charge in [-0.05, 0) is 24.0 Å². The molecule has 1 fully saturated rings. The van der Waals surface area contributed by atoms with E-state index in [1.165, 1.54) is 36.8 Å². The molecule has 1 heterocycles. The maximum absolute atomic E-state index is 12.9. The second-order valence-corrected chi connectivity index (χ2v) is 8.39. The molecule has 0 saturated heterocycles. The molecule has 2 N–H and O–H groups in total. The zero-order valence-corrected chi connectivity index (χ0v) is 18.0. The maximum atomic E-state index is 12.9. The third-order valence-electron chi connectivity index (χ3n) is 6.08. The predicted molar refractivity (Wildman–Crippen MR) is 123 cm³/mol. The number of carbonyl (C=O) groups excluding carboxylic acids is 2. The van der Waals surface area contributed by atoms with Crippen LogP contribution in [0.2, 0.25) is 0 Å². The van der Waals surface area contributed by atoms with Gasteiger partial charge in [0.1, 0.15) is 0 Å². The minimum atomic E-state index is -0.547. The van der Waals surface area contributed by atoms with Gasteiger partial charge in [0.05, 0.1) is 11.9 Å². The van der Waals surface area contributed by atoms with Crippen LogP contribution in [0.4, 0.5) is 0 Å². The van der Waals surface area contributed by atoms with E-state index < -0.39 is 5.91 Å². The summed E-state index contributed by atoms with van der Waals surface area (Å²) < 4.78 is 1.29. The lowest BCUT2D eigenvalue weighted by Crippen LogP contribution is -2.43. The fraction of sp³-hybridized carbons (Fsp3) is 0.360. The van der Waals surface area contributed by atoms with Gasteiger partial charge in [0.25, 0.3) is 11.5 Å². The van der Waals surface area contributed by atoms with Gasteiger partial charge in [-0.1, -0.05) is 80.6 Å². The molecule has 0 atom stereocenters. The van der Waals surface area contributed by atoms with Gasteiger partial charge in [0, 0.05) is 11.8 Å². The summed E-state index contributed by atoms with van der Waals surface area (Å²) in [5.41, 5.74) is 5.71. The fourth-order valence-electron chi connectivity index (χ4n) is 4.33. The monoisotopic (exact) mass is 432 g/mol. The van der Waals surface area contributed by atoms with Crippen molar-refractivity contribution in [3.05, 3.63) is 76.2 Å². The van der Waals surface area contributed by atoms with Gasteiger partial charge in [0.2, 0.25) is 5.91 Å². The Kier molecular flexibility index (Phi) is 6.94. The van der Waals surface area contributed by atoms with Gasteiger partial charge < -0.3 is 0 Å². The molecule has 166 valence electrons. The van der Waals surface area contributed by atoms with Crippen LogP contribution in [0, 0.1) is 5.92 Å². The highest BCUT2D eigenvalue weighted by atomic mass is 16.2. The van der Waals surface area contributed by atoms with Crippen molar-refractivity contribution in [2.24, 2.45) is 5.92 Å². The van der Waals surface area contributed by atoms with Gasteiger partial charge in [-0.3, -0.25) is 25.2 Å². The second kappa shape index (κ2) is 10.2. The van der Waals surface area contributed by atoms with Gasteiger partial charge in [-0.15, -0.1) is 0 Å². The lowest BCUT2D eigenvalue weighted by molar-refractivity contribution is -0.122. The number of amides is 2. The molecule has 2 amide bonds. The number of hydrazine groups is 1. The Balaban J connectivity index is 1.48. The number of fused-ring (bicyclic) bond motifs is 1. The molecular formula is C25H28N4O3. The van der Waals surface area contributed by atoms with E-state index in [-0.39, 0.29) is 23.7 Å². The average Bonchev–Trinajstić information content (AvgIpc) is 2.84. The lowest BCUT2D eigenvalue weighted by Gasteiger charge is -2.21. The molecule has 1 saturated carbocycles. The van der Waals surface area contributed by atoms with Crippen LogP contribution in [0.1, 0.15) is 61.0 Å². The molecule has 0 spiro atoms. The zero-order chi connectivity index (χ0) is 22.3. The minimum Gasteiger partial charge on any atom is -0.273 e. The van der Waals surface area contributed by atoms with Crippen LogP contribution in [-0.4, -0.2) is 21.6 Å². The number of aromatic nitrogens is 2. The van der Waals surface area contributed by atoms with Crippen LogP contribution in [0.5, 0.6) is 0 Å². The molecule has 0 bridgehead atoms. The van der Waals surface area contributed by atoms with Crippen molar-refractivity contribution in [3.8, 4) is 0 Å². The SMILES string of the molecule is O=C(CCC1CCCCC1)NNC(=O)c1nn(Cc2ccccc2)c(=O)c2ccccc12. The molecule has 7 nitrogen and oxygen atoms in total. The molecule has 3 aromatic rings. The largest absolute Gasteiger partial charge is 0.290 e. The number of hydrogen-bond acceptors (Lipinski definition) is 4. The highest BCUT2D eigenvalue weighted by molar-refractivity contribution is 6.05. The van der Waals surface area contributed by atoms with E-state index in [2.05, 4.69) is 16.0 Å². The molecule has 1 aliphatic carbocycles. The van der Waals surface area contributed by atoms with Crippen molar-refractivity contribution in [1.29, 1.82) is 0 Å². The Morgan fingerprint density at radius 1 is 0.906 bits per heavy atom. The van der Waals surface area contributed by atoms with Crippen LogP contribution < -0.4 is 16.4 Å². The summed E-state index contributed by atoms with van der Waals surface area (Å²) in [6.07, 6.45) is 7.33. The van der Waals surface area contributed by atoms with Crippen LogP contribution >= 0.6 is 0 Å². The first kappa shape index (κ1) is 21.7. The summed E-state index contributed by atoms with van der Waals surface area (Å²) in [5, 5.41) is 5.20. The molecule has 2 aromatic carbocycles. The first-order valence-corrected chi connectivity index (χ1v) is 11.2. The molecule has 0 radical (unpaired) electrons. The number of rotatable bonds is 6. The van der Waals surface area contributed by atoms with Gasteiger partial charge >= 0.3 is 0 Å². The number of nitrogens with zero attached hydrogens (tertiary/aromatic N) is 2.